The minimum absolute atomic E-state index is 0.216. The smallest absolute Gasteiger partial charge is 0.172 e. The van der Waals surface area contributed by atoms with Crippen molar-refractivity contribution in [2.75, 3.05) is 50.7 Å². The number of nitrogens with one attached hydrogen (secondary N) is 2. The summed E-state index contributed by atoms with van der Waals surface area (Å²) >= 11 is 0. The molecule has 274 valence electrons. The maximum Gasteiger partial charge on any atom is 0.172 e. The predicted octanol–water partition coefficient (Wildman–Crippen LogP) is 4.86. The average molecular weight is 698 g/mol. The number of likely N-dealkylation sites (tertiary alicyclic amines) is 2. The highest BCUT2D eigenvalue weighted by Gasteiger charge is 2.38. The van der Waals surface area contributed by atoms with Gasteiger partial charge in [0.25, 0.3) is 0 Å². The number of anilines is 1. The average Bonchev–Trinajstić information content (AvgIpc) is 3.81. The predicted molar refractivity (Wildman–Crippen MR) is 198 cm³/mol. The van der Waals surface area contributed by atoms with Crippen molar-refractivity contribution in [3.8, 4) is 5.75 Å². The van der Waals surface area contributed by atoms with Crippen LogP contribution in [0.15, 0.2) is 59.1 Å². The molecular formula is C39H55N9O3. The topological polar surface area (TPSA) is 133 Å². The number of ether oxygens (including phenoxy) is 1. The lowest BCUT2D eigenvalue weighted by atomic mass is 9.83. The van der Waals surface area contributed by atoms with Crippen LogP contribution in [0.1, 0.15) is 81.2 Å². The maximum absolute atomic E-state index is 10.4. The number of hydrazine groups is 1. The van der Waals surface area contributed by atoms with Crippen molar-refractivity contribution in [1.82, 2.24) is 35.6 Å². The summed E-state index contributed by atoms with van der Waals surface area (Å²) in [5.74, 6) is 4.00. The van der Waals surface area contributed by atoms with Gasteiger partial charge >= 0.3 is 0 Å². The van der Waals surface area contributed by atoms with Crippen LogP contribution >= 0.6 is 0 Å². The van der Waals surface area contributed by atoms with E-state index in [0.29, 0.717) is 41.6 Å². The third-order valence-corrected chi connectivity index (χ3v) is 12.3. The first kappa shape index (κ1) is 34.1. The number of piperidine rings is 3. The SMILES string of the molecule is Cc1cc(N2CCC(CN3CCC(OC4CC(N5CCC([C@@H](C)n6cc(C7=C(N)NNC(c8ccccc8O)=C7)cn6)CC5)C4)CC3)CC2)no1. The molecule has 1 atom stereocenters. The van der Waals surface area contributed by atoms with Crippen molar-refractivity contribution in [3.63, 3.8) is 0 Å². The number of nitrogens with two attached hydrogens (primary N) is 1. The fraction of sp³-hybridized carbons (Fsp3) is 0.590. The quantitative estimate of drug-likeness (QED) is 0.232. The van der Waals surface area contributed by atoms with Gasteiger partial charge in [0.05, 0.1) is 30.1 Å². The molecule has 4 aliphatic heterocycles. The first-order valence-electron chi connectivity index (χ1n) is 19.2. The number of nitrogens with zero attached hydrogens (tertiary/aromatic N) is 6. The van der Waals surface area contributed by atoms with Crippen LogP contribution in [0, 0.1) is 18.8 Å². The van der Waals surface area contributed by atoms with Gasteiger partial charge in [-0.1, -0.05) is 17.3 Å². The number of allylic oxidation sites excluding steroid dienone is 2. The molecule has 6 heterocycles. The summed E-state index contributed by atoms with van der Waals surface area (Å²) in [7, 11) is 0. The maximum atomic E-state index is 10.4. The van der Waals surface area contributed by atoms with E-state index in [9.17, 15) is 5.11 Å². The van der Waals surface area contributed by atoms with E-state index >= 15 is 0 Å². The molecule has 12 heteroatoms. The Bertz CT molecular complexity index is 1690. The molecule has 0 radical (unpaired) electrons. The van der Waals surface area contributed by atoms with Gasteiger partial charge in [-0.05, 0) is 108 Å². The summed E-state index contributed by atoms with van der Waals surface area (Å²) < 4.78 is 14.0. The third kappa shape index (κ3) is 7.64. The van der Waals surface area contributed by atoms with Gasteiger partial charge in [0, 0.05) is 67.7 Å². The first-order chi connectivity index (χ1) is 24.9. The van der Waals surface area contributed by atoms with Gasteiger partial charge in [-0.3, -0.25) is 15.5 Å². The minimum atomic E-state index is 0.216. The van der Waals surface area contributed by atoms with Crippen LogP contribution in [0.4, 0.5) is 5.82 Å². The van der Waals surface area contributed by atoms with E-state index in [1.54, 1.807) is 6.07 Å². The number of para-hydroxylation sites is 1. The highest BCUT2D eigenvalue weighted by Crippen LogP contribution is 2.37. The van der Waals surface area contributed by atoms with Crippen molar-refractivity contribution in [2.24, 2.45) is 17.6 Å². The Hall–Kier alpha value is -4.00. The largest absolute Gasteiger partial charge is 0.507 e. The van der Waals surface area contributed by atoms with E-state index in [4.69, 9.17) is 20.1 Å². The number of phenols is 1. The Morgan fingerprint density at radius 3 is 2.47 bits per heavy atom. The van der Waals surface area contributed by atoms with Gasteiger partial charge in [-0.15, -0.1) is 0 Å². The number of phenolic OH excluding ortho intramolecular Hbond substituents is 1. The number of aromatic hydroxyl groups is 1. The highest BCUT2D eigenvalue weighted by atomic mass is 16.5. The van der Waals surface area contributed by atoms with Gasteiger partial charge in [0.15, 0.2) is 5.82 Å². The number of rotatable bonds is 10. The van der Waals surface area contributed by atoms with E-state index in [1.807, 2.05) is 37.4 Å². The van der Waals surface area contributed by atoms with Crippen molar-refractivity contribution in [3.05, 3.63) is 71.5 Å². The molecule has 51 heavy (non-hydrogen) atoms. The van der Waals surface area contributed by atoms with Gasteiger partial charge in [0.2, 0.25) is 0 Å². The van der Waals surface area contributed by atoms with Crippen LogP contribution in [0.5, 0.6) is 5.75 Å². The number of benzene rings is 1. The lowest BCUT2D eigenvalue weighted by Gasteiger charge is -2.47. The second-order valence-electron chi connectivity index (χ2n) is 15.6. The normalized spacial score (nSPS) is 25.3. The van der Waals surface area contributed by atoms with Gasteiger partial charge in [0.1, 0.15) is 17.3 Å². The second-order valence-corrected chi connectivity index (χ2v) is 15.6. The van der Waals surface area contributed by atoms with E-state index in [1.165, 1.54) is 71.0 Å². The van der Waals surface area contributed by atoms with Gasteiger partial charge < -0.3 is 34.8 Å². The highest BCUT2D eigenvalue weighted by molar-refractivity contribution is 5.86. The summed E-state index contributed by atoms with van der Waals surface area (Å²) in [5.41, 5.74) is 15.8. The Kier molecular flexibility index (Phi) is 9.98. The number of aryl methyl sites for hydroxylation is 1. The molecule has 0 amide bonds. The zero-order valence-electron chi connectivity index (χ0n) is 30.2. The Labute approximate surface area is 301 Å². The van der Waals surface area contributed by atoms with E-state index in [2.05, 4.69) is 54.6 Å². The number of hydrogen-bond donors (Lipinski definition) is 4. The summed E-state index contributed by atoms with van der Waals surface area (Å²) in [6, 6.07) is 10.3. The Morgan fingerprint density at radius 2 is 1.75 bits per heavy atom. The van der Waals surface area contributed by atoms with Gasteiger partial charge in [-0.2, -0.15) is 5.10 Å². The Balaban J connectivity index is 0.739. The molecule has 2 aromatic heterocycles. The second kappa shape index (κ2) is 14.9. The van der Waals surface area contributed by atoms with Crippen LogP contribution in [-0.4, -0.2) is 93.9 Å². The van der Waals surface area contributed by atoms with E-state index in [-0.39, 0.29) is 5.75 Å². The van der Waals surface area contributed by atoms with Crippen LogP contribution < -0.4 is 21.5 Å². The molecule has 1 saturated carbocycles. The molecule has 3 aromatic rings. The summed E-state index contributed by atoms with van der Waals surface area (Å²) in [6.45, 7) is 12.3. The molecule has 3 saturated heterocycles. The molecule has 0 bridgehead atoms. The lowest BCUT2D eigenvalue weighted by molar-refractivity contribution is -0.108. The summed E-state index contributed by atoms with van der Waals surface area (Å²) in [5, 5.41) is 19.3. The van der Waals surface area contributed by atoms with E-state index in [0.717, 1.165) is 60.5 Å². The first-order valence-corrected chi connectivity index (χ1v) is 19.2. The minimum Gasteiger partial charge on any atom is -0.507 e. The molecule has 5 aliphatic rings. The van der Waals surface area contributed by atoms with Crippen molar-refractivity contribution in [1.29, 1.82) is 0 Å². The van der Waals surface area contributed by atoms with Crippen LogP contribution in [0.3, 0.4) is 0 Å². The fourth-order valence-electron chi connectivity index (χ4n) is 8.89. The van der Waals surface area contributed by atoms with Crippen molar-refractivity contribution < 1.29 is 14.4 Å². The molecule has 0 unspecified atom stereocenters. The number of hydrogen-bond acceptors (Lipinski definition) is 11. The zero-order valence-corrected chi connectivity index (χ0v) is 30.2. The van der Waals surface area contributed by atoms with Crippen LogP contribution in [-0.2, 0) is 4.74 Å². The van der Waals surface area contributed by atoms with Crippen LogP contribution in [0.25, 0.3) is 11.3 Å². The number of aromatic nitrogens is 3. The molecule has 0 spiro atoms. The Morgan fingerprint density at radius 1 is 0.980 bits per heavy atom. The molecule has 1 aliphatic carbocycles. The molecule has 5 N–H and O–H groups in total. The third-order valence-electron chi connectivity index (χ3n) is 12.3. The van der Waals surface area contributed by atoms with Crippen LogP contribution in [0.2, 0.25) is 0 Å². The molecule has 8 rings (SSSR count). The molecule has 1 aromatic carbocycles. The fourth-order valence-corrected chi connectivity index (χ4v) is 8.89. The lowest BCUT2D eigenvalue weighted by Crippen LogP contribution is -2.52. The molecular weight excluding hydrogens is 642 g/mol. The van der Waals surface area contributed by atoms with Crippen molar-refractivity contribution in [2.45, 2.75) is 89.5 Å². The monoisotopic (exact) mass is 697 g/mol. The summed E-state index contributed by atoms with van der Waals surface area (Å²) in [6.07, 6.45) is 16.4. The van der Waals surface area contributed by atoms with Gasteiger partial charge in [-0.25, -0.2) is 0 Å². The standard InChI is InChI=1S/C39H55N9O3/c1-26-19-38(44-51-26)47-15-7-28(8-16-47)24-45-13-11-32(12-14-45)50-33-20-31(21-33)46-17-9-29(10-18-46)27(2)48-25-30(23-41-48)35-22-36(42-43-39(35)40)34-5-3-4-6-37(34)49/h3-6,19,22-23,25,27-29,31-33,42-43,49H,7-18,20-21,24,40H2,1-2H3/t27-,31?,33?/m1/s1. The van der Waals surface area contributed by atoms with Crippen molar-refractivity contribution >= 4 is 17.1 Å². The molecule has 12 nitrogen and oxygen atoms in total. The zero-order chi connectivity index (χ0) is 34.9. The molecule has 4 fully saturated rings. The van der Waals surface area contributed by atoms with E-state index < -0.39 is 0 Å². The summed E-state index contributed by atoms with van der Waals surface area (Å²) in [4.78, 5) is 7.77.